The van der Waals surface area contributed by atoms with Crippen LogP contribution in [0.1, 0.15) is 11.3 Å². The standard InChI is InChI=1S/C22H19N3OS/c1-15-6-11-19-20(13-15)27-22(24-19)17-7-9-18(10-8-17)23-21(26)14-25-12-4-3-5-16(25)2/h3-13H,14H2,1-2H3/p+1. The molecule has 0 aliphatic carbocycles. The lowest BCUT2D eigenvalue weighted by Crippen LogP contribution is -2.42. The molecule has 1 N–H and O–H groups in total. The van der Waals surface area contributed by atoms with E-state index in [-0.39, 0.29) is 5.91 Å². The van der Waals surface area contributed by atoms with E-state index in [4.69, 9.17) is 4.98 Å². The van der Waals surface area contributed by atoms with Crippen LogP contribution in [0.3, 0.4) is 0 Å². The van der Waals surface area contributed by atoms with Crippen LogP contribution in [0.4, 0.5) is 5.69 Å². The fourth-order valence-corrected chi connectivity index (χ4v) is 4.02. The zero-order valence-electron chi connectivity index (χ0n) is 15.3. The van der Waals surface area contributed by atoms with Crippen LogP contribution < -0.4 is 9.88 Å². The van der Waals surface area contributed by atoms with Crippen molar-refractivity contribution in [1.29, 1.82) is 0 Å². The number of anilines is 1. The number of rotatable bonds is 4. The number of fused-ring (bicyclic) bond motifs is 1. The predicted molar refractivity (Wildman–Crippen MR) is 110 cm³/mol. The van der Waals surface area contributed by atoms with Gasteiger partial charge in [-0.15, -0.1) is 11.3 Å². The van der Waals surface area contributed by atoms with Crippen molar-refractivity contribution >= 4 is 33.1 Å². The molecule has 5 heteroatoms. The van der Waals surface area contributed by atoms with Crippen molar-refractivity contribution in [3.63, 3.8) is 0 Å². The molecule has 2 heterocycles. The van der Waals surface area contributed by atoms with Crippen molar-refractivity contribution in [2.24, 2.45) is 0 Å². The predicted octanol–water partition coefficient (Wildman–Crippen LogP) is 4.51. The van der Waals surface area contributed by atoms with Crippen LogP contribution in [0.15, 0.2) is 66.9 Å². The minimum atomic E-state index is -0.0440. The van der Waals surface area contributed by atoms with Crippen LogP contribution >= 0.6 is 11.3 Å². The molecule has 0 fully saturated rings. The van der Waals surface area contributed by atoms with Gasteiger partial charge in [-0.2, -0.15) is 4.57 Å². The smallest absolute Gasteiger partial charge is 0.290 e. The number of amides is 1. The first-order valence-corrected chi connectivity index (χ1v) is 9.63. The van der Waals surface area contributed by atoms with Crippen LogP contribution in [-0.2, 0) is 11.3 Å². The molecule has 134 valence electrons. The van der Waals surface area contributed by atoms with E-state index in [0.29, 0.717) is 6.54 Å². The molecule has 27 heavy (non-hydrogen) atoms. The normalized spacial score (nSPS) is 10.9. The second-order valence-corrected chi connectivity index (χ2v) is 7.62. The summed E-state index contributed by atoms with van der Waals surface area (Å²) < 4.78 is 3.12. The Balaban J connectivity index is 1.48. The van der Waals surface area contributed by atoms with E-state index in [1.165, 1.54) is 10.3 Å². The molecule has 0 spiro atoms. The molecule has 0 bridgehead atoms. The summed E-state index contributed by atoms with van der Waals surface area (Å²) in [4.78, 5) is 17.0. The molecule has 0 radical (unpaired) electrons. The van der Waals surface area contributed by atoms with Gasteiger partial charge in [-0.05, 0) is 48.9 Å². The second kappa shape index (κ2) is 7.29. The van der Waals surface area contributed by atoms with Gasteiger partial charge in [-0.3, -0.25) is 4.79 Å². The fraction of sp³-hybridized carbons (Fsp3) is 0.136. The number of benzene rings is 2. The van der Waals surface area contributed by atoms with Crippen LogP contribution in [0.5, 0.6) is 0 Å². The summed E-state index contributed by atoms with van der Waals surface area (Å²) >= 11 is 1.69. The van der Waals surface area contributed by atoms with Crippen LogP contribution in [0, 0.1) is 13.8 Å². The van der Waals surface area contributed by atoms with Gasteiger partial charge in [-0.25, -0.2) is 4.98 Å². The van der Waals surface area contributed by atoms with E-state index in [9.17, 15) is 4.79 Å². The van der Waals surface area contributed by atoms with Gasteiger partial charge in [0.2, 0.25) is 6.54 Å². The van der Waals surface area contributed by atoms with Gasteiger partial charge in [0.1, 0.15) is 5.01 Å². The molecule has 0 atom stereocenters. The molecule has 2 aromatic carbocycles. The van der Waals surface area contributed by atoms with E-state index in [2.05, 4.69) is 30.4 Å². The number of aryl methyl sites for hydroxylation is 2. The Morgan fingerprint density at radius 3 is 2.67 bits per heavy atom. The van der Waals surface area contributed by atoms with Crippen molar-refractivity contribution < 1.29 is 9.36 Å². The van der Waals surface area contributed by atoms with Crippen molar-refractivity contribution in [3.05, 3.63) is 78.1 Å². The Kier molecular flexibility index (Phi) is 4.69. The summed E-state index contributed by atoms with van der Waals surface area (Å²) in [5, 5.41) is 3.94. The molecule has 0 saturated carbocycles. The van der Waals surface area contributed by atoms with E-state index in [0.717, 1.165) is 27.5 Å². The Morgan fingerprint density at radius 1 is 1.07 bits per heavy atom. The number of hydrogen-bond acceptors (Lipinski definition) is 3. The summed E-state index contributed by atoms with van der Waals surface area (Å²) in [7, 11) is 0. The van der Waals surface area contributed by atoms with Crippen LogP contribution in [-0.4, -0.2) is 10.9 Å². The highest BCUT2D eigenvalue weighted by atomic mass is 32.1. The monoisotopic (exact) mass is 374 g/mol. The molecule has 0 aliphatic heterocycles. The van der Waals surface area contributed by atoms with Crippen LogP contribution in [0.2, 0.25) is 0 Å². The molecule has 1 amide bonds. The number of nitrogens with one attached hydrogen (secondary N) is 1. The number of carbonyl (C=O) groups excluding carboxylic acids is 1. The van der Waals surface area contributed by atoms with Gasteiger partial charge in [0, 0.05) is 30.3 Å². The average Bonchev–Trinajstić information content (AvgIpc) is 3.07. The third-order valence-electron chi connectivity index (χ3n) is 4.44. The molecule has 4 nitrogen and oxygen atoms in total. The lowest BCUT2D eigenvalue weighted by Gasteiger charge is -2.05. The van der Waals surface area contributed by atoms with E-state index in [1.807, 2.05) is 60.2 Å². The van der Waals surface area contributed by atoms with Crippen molar-refractivity contribution in [2.75, 3.05) is 5.32 Å². The maximum absolute atomic E-state index is 12.3. The fourth-order valence-electron chi connectivity index (χ4n) is 2.95. The van der Waals surface area contributed by atoms with Crippen LogP contribution in [0.25, 0.3) is 20.8 Å². The minimum absolute atomic E-state index is 0.0440. The first kappa shape index (κ1) is 17.4. The highest BCUT2D eigenvalue weighted by Crippen LogP contribution is 2.31. The second-order valence-electron chi connectivity index (χ2n) is 6.59. The zero-order valence-corrected chi connectivity index (χ0v) is 16.1. The number of pyridine rings is 1. The Hall–Kier alpha value is -3.05. The van der Waals surface area contributed by atoms with E-state index < -0.39 is 0 Å². The Labute approximate surface area is 162 Å². The largest absolute Gasteiger partial charge is 0.321 e. The summed E-state index contributed by atoms with van der Waals surface area (Å²) in [6.07, 6.45) is 1.91. The van der Waals surface area contributed by atoms with Gasteiger partial charge < -0.3 is 5.32 Å². The molecule has 4 aromatic rings. The molecule has 4 rings (SSSR count). The average molecular weight is 374 g/mol. The van der Waals surface area contributed by atoms with Gasteiger partial charge >= 0.3 is 0 Å². The van der Waals surface area contributed by atoms with Crippen molar-refractivity contribution in [3.8, 4) is 10.6 Å². The number of carbonyl (C=O) groups is 1. The maximum Gasteiger partial charge on any atom is 0.290 e. The summed E-state index contributed by atoms with van der Waals surface area (Å²) in [5.41, 5.74) is 5.15. The highest BCUT2D eigenvalue weighted by Gasteiger charge is 2.12. The first-order chi connectivity index (χ1) is 13.1. The maximum atomic E-state index is 12.3. The first-order valence-electron chi connectivity index (χ1n) is 8.81. The Bertz CT molecular complexity index is 1120. The molecular weight excluding hydrogens is 354 g/mol. The molecule has 0 unspecified atom stereocenters. The van der Waals surface area contributed by atoms with E-state index in [1.54, 1.807) is 11.3 Å². The summed E-state index contributed by atoms with van der Waals surface area (Å²) in [6.45, 7) is 4.37. The number of aromatic nitrogens is 2. The highest BCUT2D eigenvalue weighted by molar-refractivity contribution is 7.21. The van der Waals surface area contributed by atoms with Gasteiger partial charge in [0.05, 0.1) is 10.2 Å². The van der Waals surface area contributed by atoms with Crippen molar-refractivity contribution in [1.82, 2.24) is 4.98 Å². The Morgan fingerprint density at radius 2 is 1.89 bits per heavy atom. The van der Waals surface area contributed by atoms with Gasteiger partial charge in [0.25, 0.3) is 5.91 Å². The van der Waals surface area contributed by atoms with Gasteiger partial charge in [0.15, 0.2) is 11.9 Å². The quantitative estimate of drug-likeness (QED) is 0.534. The number of thiazole rings is 1. The number of nitrogens with zero attached hydrogens (tertiary/aromatic N) is 2. The summed E-state index contributed by atoms with van der Waals surface area (Å²) in [5.74, 6) is -0.0440. The molecule has 2 aromatic heterocycles. The van der Waals surface area contributed by atoms with Gasteiger partial charge in [-0.1, -0.05) is 12.1 Å². The lowest BCUT2D eigenvalue weighted by molar-refractivity contribution is -0.690. The minimum Gasteiger partial charge on any atom is -0.321 e. The molecular formula is C22H20N3OS+. The lowest BCUT2D eigenvalue weighted by atomic mass is 10.2. The topological polar surface area (TPSA) is 45.9 Å². The van der Waals surface area contributed by atoms with Crippen molar-refractivity contribution in [2.45, 2.75) is 20.4 Å². The third kappa shape index (κ3) is 3.88. The number of hydrogen-bond donors (Lipinski definition) is 1. The SMILES string of the molecule is Cc1ccc2nc(-c3ccc(NC(=O)C[n+]4ccccc4C)cc3)sc2c1. The van der Waals surface area contributed by atoms with E-state index >= 15 is 0 Å². The molecule has 0 aliphatic rings. The summed E-state index contributed by atoms with van der Waals surface area (Å²) in [6, 6.07) is 20.0. The molecule has 0 saturated heterocycles. The zero-order chi connectivity index (χ0) is 18.8. The third-order valence-corrected chi connectivity index (χ3v) is 5.51.